The van der Waals surface area contributed by atoms with E-state index in [1.54, 1.807) is 0 Å². The van der Waals surface area contributed by atoms with E-state index < -0.39 is 0 Å². The van der Waals surface area contributed by atoms with Gasteiger partial charge in [0.05, 0.1) is 0 Å². The summed E-state index contributed by atoms with van der Waals surface area (Å²) in [4.78, 5) is 14.5. The fraction of sp³-hybridized carbons (Fsp3) is 0.923. The van der Waals surface area contributed by atoms with Crippen LogP contribution in [0.2, 0.25) is 0 Å². The molecule has 1 saturated heterocycles. The van der Waals surface area contributed by atoms with Crippen molar-refractivity contribution in [1.29, 1.82) is 0 Å². The van der Waals surface area contributed by atoms with Crippen LogP contribution in [0.15, 0.2) is 0 Å². The van der Waals surface area contributed by atoms with Crippen molar-refractivity contribution in [2.45, 2.75) is 64.0 Å². The third kappa shape index (κ3) is 3.35. The van der Waals surface area contributed by atoms with E-state index in [2.05, 4.69) is 11.8 Å². The zero-order valence-corrected chi connectivity index (χ0v) is 11.5. The highest BCUT2D eigenvalue weighted by Crippen LogP contribution is 2.29. The monoisotopic (exact) mass is 260 g/mol. The van der Waals surface area contributed by atoms with Gasteiger partial charge in [-0.25, -0.2) is 0 Å². The number of nitrogens with zero attached hydrogens (tertiary/aromatic N) is 1. The maximum absolute atomic E-state index is 12.4. The molecule has 0 aromatic heterocycles. The average molecular weight is 261 g/mol. The molecule has 2 rings (SSSR count). The zero-order valence-electron chi connectivity index (χ0n) is 10.7. The Balaban J connectivity index is 0.00000144. The molecule has 3 unspecified atom stereocenters. The minimum Gasteiger partial charge on any atom is -0.339 e. The SMILES string of the molecule is CCC1CCCCN1C(=O)C1CCC(N)C1.Cl. The van der Waals surface area contributed by atoms with Crippen LogP contribution in [0, 0.1) is 5.92 Å². The third-order valence-corrected chi connectivity index (χ3v) is 4.20. The van der Waals surface area contributed by atoms with Gasteiger partial charge in [-0.15, -0.1) is 12.4 Å². The van der Waals surface area contributed by atoms with Crippen LogP contribution in [0.3, 0.4) is 0 Å². The highest BCUT2D eigenvalue weighted by atomic mass is 35.5. The summed E-state index contributed by atoms with van der Waals surface area (Å²) in [7, 11) is 0. The maximum atomic E-state index is 12.4. The summed E-state index contributed by atoms with van der Waals surface area (Å²) in [5, 5.41) is 0. The number of piperidine rings is 1. The number of hydrogen-bond acceptors (Lipinski definition) is 2. The molecule has 0 radical (unpaired) electrons. The lowest BCUT2D eigenvalue weighted by Gasteiger charge is -2.37. The summed E-state index contributed by atoms with van der Waals surface area (Å²) in [5.74, 6) is 0.613. The standard InChI is InChI=1S/C13H24N2O.ClH/c1-2-12-5-3-4-8-15(12)13(16)10-6-7-11(14)9-10;/h10-12H,2-9,14H2,1H3;1H. The summed E-state index contributed by atoms with van der Waals surface area (Å²) in [6.45, 7) is 3.17. The molecule has 17 heavy (non-hydrogen) atoms. The quantitative estimate of drug-likeness (QED) is 0.828. The van der Waals surface area contributed by atoms with Crippen LogP contribution < -0.4 is 5.73 Å². The summed E-state index contributed by atoms with van der Waals surface area (Å²) < 4.78 is 0. The molecule has 1 saturated carbocycles. The second kappa shape index (κ2) is 6.60. The summed E-state index contributed by atoms with van der Waals surface area (Å²) >= 11 is 0. The first-order valence-electron chi connectivity index (χ1n) is 6.78. The van der Waals surface area contributed by atoms with Crippen molar-refractivity contribution in [3.8, 4) is 0 Å². The first-order chi connectivity index (χ1) is 7.72. The maximum Gasteiger partial charge on any atom is 0.225 e. The van der Waals surface area contributed by atoms with Gasteiger partial charge in [0.2, 0.25) is 5.91 Å². The molecule has 2 N–H and O–H groups in total. The van der Waals surface area contributed by atoms with Gasteiger partial charge in [-0.1, -0.05) is 6.92 Å². The van der Waals surface area contributed by atoms with Crippen LogP contribution in [0.5, 0.6) is 0 Å². The molecule has 0 bridgehead atoms. The molecular weight excluding hydrogens is 236 g/mol. The number of halogens is 1. The molecule has 1 heterocycles. The van der Waals surface area contributed by atoms with Crippen molar-refractivity contribution in [1.82, 2.24) is 4.90 Å². The highest BCUT2D eigenvalue weighted by molar-refractivity contribution is 5.85. The minimum atomic E-state index is 0. The van der Waals surface area contributed by atoms with Crippen molar-refractivity contribution in [2.75, 3.05) is 6.54 Å². The van der Waals surface area contributed by atoms with Gasteiger partial charge in [0.15, 0.2) is 0 Å². The van der Waals surface area contributed by atoms with Crippen molar-refractivity contribution >= 4 is 18.3 Å². The van der Waals surface area contributed by atoms with Crippen LogP contribution in [-0.4, -0.2) is 29.4 Å². The van der Waals surface area contributed by atoms with Gasteiger partial charge in [-0.05, 0) is 44.9 Å². The normalized spacial score (nSPS) is 33.3. The number of nitrogens with two attached hydrogens (primary N) is 1. The van der Waals surface area contributed by atoms with E-state index in [1.807, 2.05) is 0 Å². The van der Waals surface area contributed by atoms with Gasteiger partial charge in [-0.3, -0.25) is 4.79 Å². The van der Waals surface area contributed by atoms with E-state index in [0.717, 1.165) is 32.2 Å². The molecule has 2 fully saturated rings. The lowest BCUT2D eigenvalue weighted by atomic mass is 9.96. The minimum absolute atomic E-state index is 0. The van der Waals surface area contributed by atoms with E-state index in [4.69, 9.17) is 5.73 Å². The zero-order chi connectivity index (χ0) is 11.5. The Kier molecular flexibility index (Phi) is 5.74. The topological polar surface area (TPSA) is 46.3 Å². The first-order valence-corrected chi connectivity index (χ1v) is 6.78. The van der Waals surface area contributed by atoms with Gasteiger partial charge < -0.3 is 10.6 Å². The molecule has 2 aliphatic rings. The molecule has 1 aliphatic carbocycles. The van der Waals surface area contributed by atoms with Gasteiger partial charge >= 0.3 is 0 Å². The predicted molar refractivity (Wildman–Crippen MR) is 72.2 cm³/mol. The lowest BCUT2D eigenvalue weighted by Crippen LogP contribution is -2.46. The Labute approximate surface area is 111 Å². The molecule has 4 heteroatoms. The van der Waals surface area contributed by atoms with Gasteiger partial charge in [-0.2, -0.15) is 0 Å². The molecule has 1 amide bonds. The molecule has 100 valence electrons. The smallest absolute Gasteiger partial charge is 0.225 e. The molecule has 3 nitrogen and oxygen atoms in total. The van der Waals surface area contributed by atoms with Crippen LogP contribution in [0.4, 0.5) is 0 Å². The Morgan fingerprint density at radius 2 is 2.06 bits per heavy atom. The Morgan fingerprint density at radius 1 is 1.29 bits per heavy atom. The largest absolute Gasteiger partial charge is 0.339 e. The Morgan fingerprint density at radius 3 is 2.65 bits per heavy atom. The van der Waals surface area contributed by atoms with Crippen molar-refractivity contribution in [2.24, 2.45) is 11.7 Å². The Bertz CT molecular complexity index is 260. The molecule has 1 aliphatic heterocycles. The fourth-order valence-electron chi connectivity index (χ4n) is 3.19. The molecule has 3 atom stereocenters. The fourth-order valence-corrected chi connectivity index (χ4v) is 3.19. The van der Waals surface area contributed by atoms with Crippen LogP contribution in [0.1, 0.15) is 51.9 Å². The number of amides is 1. The molecule has 0 aromatic carbocycles. The average Bonchev–Trinajstić information content (AvgIpc) is 2.75. The van der Waals surface area contributed by atoms with Crippen molar-refractivity contribution in [3.63, 3.8) is 0 Å². The molecule has 0 aromatic rings. The second-order valence-electron chi connectivity index (χ2n) is 5.36. The van der Waals surface area contributed by atoms with Crippen LogP contribution >= 0.6 is 12.4 Å². The van der Waals surface area contributed by atoms with Gasteiger partial charge in [0, 0.05) is 24.5 Å². The van der Waals surface area contributed by atoms with Crippen LogP contribution in [0.25, 0.3) is 0 Å². The summed E-state index contributed by atoms with van der Waals surface area (Å²) in [6, 6.07) is 0.761. The van der Waals surface area contributed by atoms with E-state index in [-0.39, 0.29) is 24.4 Å². The summed E-state index contributed by atoms with van der Waals surface area (Å²) in [6.07, 6.45) is 7.71. The van der Waals surface area contributed by atoms with E-state index in [1.165, 1.54) is 19.3 Å². The van der Waals surface area contributed by atoms with Crippen molar-refractivity contribution in [3.05, 3.63) is 0 Å². The number of carbonyl (C=O) groups is 1. The van der Waals surface area contributed by atoms with E-state index in [9.17, 15) is 4.79 Å². The first kappa shape index (κ1) is 14.8. The van der Waals surface area contributed by atoms with Gasteiger partial charge in [0.25, 0.3) is 0 Å². The number of rotatable bonds is 2. The van der Waals surface area contributed by atoms with Crippen LogP contribution in [-0.2, 0) is 4.79 Å². The lowest BCUT2D eigenvalue weighted by molar-refractivity contribution is -0.139. The summed E-state index contributed by atoms with van der Waals surface area (Å²) in [5.41, 5.74) is 5.89. The third-order valence-electron chi connectivity index (χ3n) is 4.20. The molecule has 0 spiro atoms. The van der Waals surface area contributed by atoms with E-state index >= 15 is 0 Å². The second-order valence-corrected chi connectivity index (χ2v) is 5.36. The van der Waals surface area contributed by atoms with Gasteiger partial charge in [0.1, 0.15) is 0 Å². The highest BCUT2D eigenvalue weighted by Gasteiger charge is 2.34. The number of carbonyl (C=O) groups excluding carboxylic acids is 1. The predicted octanol–water partition coefficient (Wildman–Crippen LogP) is 2.33. The van der Waals surface area contributed by atoms with E-state index in [0.29, 0.717) is 11.9 Å². The number of likely N-dealkylation sites (tertiary alicyclic amines) is 1. The molecular formula is C13H25ClN2O. The number of hydrogen-bond donors (Lipinski definition) is 1. The van der Waals surface area contributed by atoms with Crippen molar-refractivity contribution < 1.29 is 4.79 Å². The Hall–Kier alpha value is -0.280.